The summed E-state index contributed by atoms with van der Waals surface area (Å²) in [5.74, 6) is -4.02. The SMILES string of the molecule is CC(NC(=O)C(CCC(N)=O)NC(=O)C(C)NC(=O)C(N)Cc1c[nH]c2ccccc12)C(=O)O. The molecule has 0 aliphatic heterocycles. The van der Waals surface area contributed by atoms with Crippen molar-refractivity contribution in [3.63, 3.8) is 0 Å². The van der Waals surface area contributed by atoms with E-state index in [1.807, 2.05) is 24.3 Å². The maximum Gasteiger partial charge on any atom is 0.325 e. The second-order valence-corrected chi connectivity index (χ2v) is 8.04. The van der Waals surface area contributed by atoms with Crippen molar-refractivity contribution in [3.05, 3.63) is 36.0 Å². The lowest BCUT2D eigenvalue weighted by molar-refractivity contribution is -0.142. The standard InChI is InChI=1S/C22H30N6O6/c1-11(19(30)28-17(7-8-18(24)29)21(32)27-12(2)22(33)34)26-20(31)15(23)9-13-10-25-16-6-4-3-5-14(13)16/h3-6,10-12,15,17,25H,7-9,23H2,1-2H3,(H2,24,29)(H,26,31)(H,27,32)(H,28,30)(H,33,34). The number of para-hydroxylation sites is 1. The predicted octanol–water partition coefficient (Wildman–Crippen LogP) is -1.12. The number of rotatable bonds is 12. The summed E-state index contributed by atoms with van der Waals surface area (Å²) in [6.45, 7) is 2.67. The molecule has 12 nitrogen and oxygen atoms in total. The topological polar surface area (TPSA) is 209 Å². The van der Waals surface area contributed by atoms with Crippen LogP contribution in [-0.4, -0.2) is 63.9 Å². The van der Waals surface area contributed by atoms with E-state index in [2.05, 4.69) is 20.9 Å². The molecule has 0 aliphatic rings. The zero-order valence-electron chi connectivity index (χ0n) is 19.0. The van der Waals surface area contributed by atoms with Crippen molar-refractivity contribution in [1.29, 1.82) is 0 Å². The number of amides is 4. The Bertz CT molecular complexity index is 1070. The Kier molecular flexibility index (Phi) is 9.13. The normalized spacial score (nSPS) is 14.4. The number of carboxylic acid groups (broad SMARTS) is 1. The molecule has 0 radical (unpaired) electrons. The molecule has 0 bridgehead atoms. The number of hydrogen-bond acceptors (Lipinski definition) is 6. The zero-order chi connectivity index (χ0) is 25.4. The summed E-state index contributed by atoms with van der Waals surface area (Å²) < 4.78 is 0. The lowest BCUT2D eigenvalue weighted by atomic mass is 10.0. The number of carbonyl (C=O) groups is 5. The van der Waals surface area contributed by atoms with E-state index in [4.69, 9.17) is 16.6 Å². The van der Waals surface area contributed by atoms with E-state index in [9.17, 15) is 24.0 Å². The van der Waals surface area contributed by atoms with Crippen LogP contribution >= 0.6 is 0 Å². The fraction of sp³-hybridized carbons (Fsp3) is 0.409. The molecular weight excluding hydrogens is 444 g/mol. The van der Waals surface area contributed by atoms with Gasteiger partial charge in [-0.15, -0.1) is 0 Å². The van der Waals surface area contributed by atoms with Crippen LogP contribution in [0.5, 0.6) is 0 Å². The summed E-state index contributed by atoms with van der Waals surface area (Å²) in [6, 6.07) is 3.15. The average Bonchev–Trinajstić information content (AvgIpc) is 3.18. The molecule has 9 N–H and O–H groups in total. The highest BCUT2D eigenvalue weighted by molar-refractivity contribution is 5.94. The van der Waals surface area contributed by atoms with Gasteiger partial charge >= 0.3 is 5.97 Å². The Labute approximate surface area is 195 Å². The number of nitrogens with two attached hydrogens (primary N) is 2. The van der Waals surface area contributed by atoms with Crippen molar-refractivity contribution >= 4 is 40.5 Å². The van der Waals surface area contributed by atoms with E-state index in [1.54, 1.807) is 6.20 Å². The lowest BCUT2D eigenvalue weighted by Crippen LogP contribution is -2.56. The van der Waals surface area contributed by atoms with E-state index in [-0.39, 0.29) is 19.3 Å². The highest BCUT2D eigenvalue weighted by Crippen LogP contribution is 2.18. The maximum atomic E-state index is 12.6. The molecular formula is C22H30N6O6. The number of aromatic amines is 1. The summed E-state index contributed by atoms with van der Waals surface area (Å²) in [6.07, 6.45) is 1.66. The van der Waals surface area contributed by atoms with Crippen molar-refractivity contribution < 1.29 is 29.1 Å². The van der Waals surface area contributed by atoms with Crippen LogP contribution in [-0.2, 0) is 30.4 Å². The van der Waals surface area contributed by atoms with Crippen LogP contribution in [0.2, 0.25) is 0 Å². The quantitative estimate of drug-likeness (QED) is 0.201. The Morgan fingerprint density at radius 2 is 1.62 bits per heavy atom. The van der Waals surface area contributed by atoms with Gasteiger partial charge in [0.25, 0.3) is 0 Å². The molecule has 0 saturated carbocycles. The van der Waals surface area contributed by atoms with Crippen LogP contribution in [0.4, 0.5) is 0 Å². The minimum Gasteiger partial charge on any atom is -0.480 e. The largest absolute Gasteiger partial charge is 0.480 e. The van der Waals surface area contributed by atoms with Gasteiger partial charge in [0, 0.05) is 23.5 Å². The van der Waals surface area contributed by atoms with Gasteiger partial charge in [-0.1, -0.05) is 18.2 Å². The van der Waals surface area contributed by atoms with Gasteiger partial charge in [-0.05, 0) is 38.3 Å². The van der Waals surface area contributed by atoms with Gasteiger partial charge in [0.15, 0.2) is 0 Å². The van der Waals surface area contributed by atoms with Gasteiger partial charge in [-0.3, -0.25) is 24.0 Å². The summed E-state index contributed by atoms with van der Waals surface area (Å²) in [5, 5.41) is 17.1. The highest BCUT2D eigenvalue weighted by Gasteiger charge is 2.28. The number of aliphatic carboxylic acids is 1. The zero-order valence-corrected chi connectivity index (χ0v) is 19.0. The molecule has 0 spiro atoms. The summed E-state index contributed by atoms with van der Waals surface area (Å²) in [5.41, 5.74) is 12.9. The van der Waals surface area contributed by atoms with E-state index < -0.39 is 53.8 Å². The van der Waals surface area contributed by atoms with Gasteiger partial charge in [0.1, 0.15) is 18.1 Å². The van der Waals surface area contributed by atoms with Gasteiger partial charge in [0.2, 0.25) is 23.6 Å². The second-order valence-electron chi connectivity index (χ2n) is 8.04. The van der Waals surface area contributed by atoms with Crippen LogP contribution in [0, 0.1) is 0 Å². The maximum absolute atomic E-state index is 12.6. The Morgan fingerprint density at radius 3 is 2.26 bits per heavy atom. The fourth-order valence-corrected chi connectivity index (χ4v) is 3.24. The molecule has 2 aromatic rings. The lowest BCUT2D eigenvalue weighted by Gasteiger charge is -2.22. The number of nitrogens with one attached hydrogen (secondary N) is 4. The Hall–Kier alpha value is -3.93. The van der Waals surface area contributed by atoms with Gasteiger partial charge in [-0.2, -0.15) is 0 Å². The fourth-order valence-electron chi connectivity index (χ4n) is 3.24. The first kappa shape index (κ1) is 26.3. The van der Waals surface area contributed by atoms with Crippen molar-refractivity contribution in [2.24, 2.45) is 11.5 Å². The van der Waals surface area contributed by atoms with Gasteiger partial charge < -0.3 is 37.5 Å². The number of carboxylic acids is 1. The third-order valence-corrected chi connectivity index (χ3v) is 5.25. The van der Waals surface area contributed by atoms with E-state index in [1.165, 1.54) is 13.8 Å². The number of fused-ring (bicyclic) bond motifs is 1. The number of hydrogen-bond donors (Lipinski definition) is 7. The van der Waals surface area contributed by atoms with E-state index in [0.717, 1.165) is 16.5 Å². The second kappa shape index (κ2) is 11.8. The molecule has 4 atom stereocenters. The predicted molar refractivity (Wildman–Crippen MR) is 123 cm³/mol. The molecule has 0 saturated heterocycles. The number of H-pyrrole nitrogens is 1. The number of aromatic nitrogens is 1. The molecule has 0 fully saturated rings. The first-order chi connectivity index (χ1) is 16.0. The van der Waals surface area contributed by atoms with Crippen LogP contribution in [0.25, 0.3) is 10.9 Å². The molecule has 4 amide bonds. The summed E-state index contributed by atoms with van der Waals surface area (Å²) in [7, 11) is 0. The third kappa shape index (κ3) is 7.30. The number of benzene rings is 1. The van der Waals surface area contributed by atoms with E-state index in [0.29, 0.717) is 0 Å². The van der Waals surface area contributed by atoms with Crippen molar-refractivity contribution in [3.8, 4) is 0 Å². The Balaban J connectivity index is 1.97. The molecule has 0 aliphatic carbocycles. The monoisotopic (exact) mass is 474 g/mol. The van der Waals surface area contributed by atoms with E-state index >= 15 is 0 Å². The van der Waals surface area contributed by atoms with Crippen molar-refractivity contribution in [1.82, 2.24) is 20.9 Å². The van der Waals surface area contributed by atoms with Gasteiger partial charge in [0.05, 0.1) is 6.04 Å². The van der Waals surface area contributed by atoms with Gasteiger partial charge in [-0.25, -0.2) is 0 Å². The number of carbonyl (C=O) groups excluding carboxylic acids is 4. The molecule has 184 valence electrons. The molecule has 34 heavy (non-hydrogen) atoms. The molecule has 2 rings (SSSR count). The summed E-state index contributed by atoms with van der Waals surface area (Å²) >= 11 is 0. The molecule has 1 aromatic heterocycles. The Morgan fingerprint density at radius 1 is 0.971 bits per heavy atom. The minimum atomic E-state index is -1.27. The summed E-state index contributed by atoms with van der Waals surface area (Å²) in [4.78, 5) is 62.7. The van der Waals surface area contributed by atoms with Crippen molar-refractivity contribution in [2.45, 2.75) is 57.3 Å². The third-order valence-electron chi connectivity index (χ3n) is 5.25. The number of primary amides is 1. The molecule has 4 unspecified atom stereocenters. The molecule has 1 heterocycles. The average molecular weight is 475 g/mol. The van der Waals surface area contributed by atoms with Crippen molar-refractivity contribution in [2.75, 3.05) is 0 Å². The highest BCUT2D eigenvalue weighted by atomic mass is 16.4. The van der Waals surface area contributed by atoms with Crippen LogP contribution in [0.1, 0.15) is 32.3 Å². The molecule has 12 heteroatoms. The molecule has 1 aromatic carbocycles. The van der Waals surface area contributed by atoms with Crippen LogP contribution in [0.3, 0.4) is 0 Å². The van der Waals surface area contributed by atoms with Crippen LogP contribution < -0.4 is 27.4 Å². The van der Waals surface area contributed by atoms with Crippen LogP contribution in [0.15, 0.2) is 30.5 Å². The smallest absolute Gasteiger partial charge is 0.325 e. The first-order valence-electron chi connectivity index (χ1n) is 10.7. The first-order valence-corrected chi connectivity index (χ1v) is 10.7. The minimum absolute atomic E-state index is 0.139.